The molecule has 0 aromatic heterocycles. The van der Waals surface area contributed by atoms with Crippen LogP contribution in [-0.2, 0) is 13.0 Å². The van der Waals surface area contributed by atoms with E-state index in [4.69, 9.17) is 27.9 Å². The maximum absolute atomic E-state index is 6.17. The second-order valence-corrected chi connectivity index (χ2v) is 6.61. The third-order valence-electron chi connectivity index (χ3n) is 3.22. The molecule has 0 radical (unpaired) electrons. The smallest absolute Gasteiger partial charge is 0.123 e. The van der Waals surface area contributed by atoms with Crippen LogP contribution in [0.25, 0.3) is 0 Å². The highest BCUT2D eigenvalue weighted by molar-refractivity contribution is 9.10. The Bertz CT molecular complexity index is 637. The number of ether oxygens (including phenoxy) is 1. The molecule has 0 bridgehead atoms. The summed E-state index contributed by atoms with van der Waals surface area (Å²) in [6.45, 7) is 4.23. The van der Waals surface area contributed by atoms with Gasteiger partial charge in [0, 0.05) is 26.6 Å². The van der Waals surface area contributed by atoms with E-state index in [0.29, 0.717) is 16.7 Å². The van der Waals surface area contributed by atoms with Crippen molar-refractivity contribution >= 4 is 51.5 Å². The van der Waals surface area contributed by atoms with E-state index in [-0.39, 0.29) is 12.4 Å². The maximum atomic E-state index is 6.17. The SMILES string of the molecule is CCOc1ccc(Br)cc1CNCCc1ccc(Cl)cc1Cl.Cl. The van der Waals surface area contributed by atoms with E-state index in [9.17, 15) is 0 Å². The van der Waals surface area contributed by atoms with Gasteiger partial charge in [-0.15, -0.1) is 12.4 Å². The lowest BCUT2D eigenvalue weighted by molar-refractivity contribution is 0.335. The highest BCUT2D eigenvalue weighted by Gasteiger charge is 2.05. The van der Waals surface area contributed by atoms with Crippen LogP contribution in [0.5, 0.6) is 5.75 Å². The summed E-state index contributed by atoms with van der Waals surface area (Å²) in [5, 5.41) is 4.80. The molecule has 23 heavy (non-hydrogen) atoms. The van der Waals surface area contributed by atoms with Crippen LogP contribution in [-0.4, -0.2) is 13.2 Å². The maximum Gasteiger partial charge on any atom is 0.123 e. The second-order valence-electron chi connectivity index (χ2n) is 4.85. The summed E-state index contributed by atoms with van der Waals surface area (Å²) in [6, 6.07) is 11.7. The average Bonchev–Trinajstić information content (AvgIpc) is 2.48. The first-order valence-electron chi connectivity index (χ1n) is 7.16. The number of rotatable bonds is 7. The van der Waals surface area contributed by atoms with Crippen molar-refractivity contribution in [2.45, 2.75) is 19.9 Å². The van der Waals surface area contributed by atoms with Crippen LogP contribution >= 0.6 is 51.5 Å². The fourth-order valence-corrected chi connectivity index (χ4v) is 3.06. The predicted molar refractivity (Wildman–Crippen MR) is 104 cm³/mol. The lowest BCUT2D eigenvalue weighted by Crippen LogP contribution is -2.17. The van der Waals surface area contributed by atoms with Gasteiger partial charge >= 0.3 is 0 Å². The number of hydrogen-bond acceptors (Lipinski definition) is 2. The molecule has 0 unspecified atom stereocenters. The molecule has 1 N–H and O–H groups in total. The molecule has 2 aromatic carbocycles. The van der Waals surface area contributed by atoms with Gasteiger partial charge in [0.25, 0.3) is 0 Å². The summed E-state index contributed by atoms with van der Waals surface area (Å²) < 4.78 is 6.69. The standard InChI is InChI=1S/C17H18BrCl2NO.ClH/c1-2-22-17-6-4-14(18)9-13(17)11-21-8-7-12-3-5-15(19)10-16(12)20;/h3-6,9-10,21H,2,7-8,11H2,1H3;1H. The first-order chi connectivity index (χ1) is 10.6. The Hall–Kier alpha value is -0.450. The zero-order chi connectivity index (χ0) is 15.9. The molecular formula is C17H19BrCl3NO. The van der Waals surface area contributed by atoms with Gasteiger partial charge in [-0.1, -0.05) is 45.2 Å². The number of halogens is 4. The molecule has 2 rings (SSSR count). The summed E-state index contributed by atoms with van der Waals surface area (Å²) in [5.74, 6) is 0.919. The summed E-state index contributed by atoms with van der Waals surface area (Å²) in [7, 11) is 0. The van der Waals surface area contributed by atoms with E-state index in [2.05, 4.69) is 27.3 Å². The van der Waals surface area contributed by atoms with Crippen LogP contribution in [0.4, 0.5) is 0 Å². The molecule has 2 nitrogen and oxygen atoms in total. The van der Waals surface area contributed by atoms with Crippen molar-refractivity contribution in [3.8, 4) is 5.75 Å². The fourth-order valence-electron chi connectivity index (χ4n) is 2.15. The summed E-state index contributed by atoms with van der Waals surface area (Å²) in [6.07, 6.45) is 0.855. The fraction of sp³-hybridized carbons (Fsp3) is 0.294. The third-order valence-corrected chi connectivity index (χ3v) is 4.30. The van der Waals surface area contributed by atoms with E-state index < -0.39 is 0 Å². The Morgan fingerprint density at radius 2 is 1.87 bits per heavy atom. The van der Waals surface area contributed by atoms with Gasteiger partial charge in [-0.05, 0) is 55.8 Å². The predicted octanol–water partition coefficient (Wildman–Crippen LogP) is 5.91. The summed E-state index contributed by atoms with van der Waals surface area (Å²) in [5.41, 5.74) is 2.23. The van der Waals surface area contributed by atoms with Gasteiger partial charge in [0.2, 0.25) is 0 Å². The van der Waals surface area contributed by atoms with Crippen molar-refractivity contribution in [3.05, 3.63) is 62.0 Å². The van der Waals surface area contributed by atoms with Gasteiger partial charge in [0.15, 0.2) is 0 Å². The van der Waals surface area contributed by atoms with Crippen molar-refractivity contribution in [1.29, 1.82) is 0 Å². The number of hydrogen-bond donors (Lipinski definition) is 1. The second kappa shape index (κ2) is 10.4. The molecule has 2 aromatic rings. The van der Waals surface area contributed by atoms with Gasteiger partial charge in [-0.2, -0.15) is 0 Å². The Morgan fingerprint density at radius 3 is 2.57 bits per heavy atom. The average molecular weight is 440 g/mol. The van der Waals surface area contributed by atoms with Crippen LogP contribution in [0.1, 0.15) is 18.1 Å². The molecule has 0 atom stereocenters. The number of benzene rings is 2. The topological polar surface area (TPSA) is 21.3 Å². The highest BCUT2D eigenvalue weighted by atomic mass is 79.9. The van der Waals surface area contributed by atoms with Crippen molar-refractivity contribution < 1.29 is 4.74 Å². The van der Waals surface area contributed by atoms with Gasteiger partial charge in [0.05, 0.1) is 6.61 Å². The van der Waals surface area contributed by atoms with Crippen LogP contribution in [0.15, 0.2) is 40.9 Å². The first kappa shape index (κ1) is 20.6. The van der Waals surface area contributed by atoms with E-state index >= 15 is 0 Å². The Labute approximate surface area is 162 Å². The van der Waals surface area contributed by atoms with E-state index in [1.54, 1.807) is 6.07 Å². The van der Waals surface area contributed by atoms with Gasteiger partial charge in [-0.3, -0.25) is 0 Å². The monoisotopic (exact) mass is 437 g/mol. The van der Waals surface area contributed by atoms with E-state index in [0.717, 1.165) is 40.9 Å². The molecule has 0 aliphatic carbocycles. The lowest BCUT2D eigenvalue weighted by atomic mass is 10.1. The Balaban J connectivity index is 0.00000264. The first-order valence-corrected chi connectivity index (χ1v) is 8.71. The van der Waals surface area contributed by atoms with Gasteiger partial charge in [0.1, 0.15) is 5.75 Å². The zero-order valence-electron chi connectivity index (χ0n) is 12.7. The summed E-state index contributed by atoms with van der Waals surface area (Å²) in [4.78, 5) is 0. The van der Waals surface area contributed by atoms with Crippen LogP contribution in [0.3, 0.4) is 0 Å². The molecule has 0 heterocycles. The van der Waals surface area contributed by atoms with E-state index in [1.165, 1.54) is 0 Å². The normalized spacial score (nSPS) is 10.3. The molecule has 126 valence electrons. The largest absolute Gasteiger partial charge is 0.494 e. The third kappa shape index (κ3) is 6.52. The zero-order valence-corrected chi connectivity index (χ0v) is 16.7. The molecule has 0 saturated carbocycles. The quantitative estimate of drug-likeness (QED) is 0.542. The minimum atomic E-state index is 0. The molecule has 0 spiro atoms. The molecule has 0 fully saturated rings. The van der Waals surface area contributed by atoms with Crippen LogP contribution in [0, 0.1) is 0 Å². The molecular weight excluding hydrogens is 420 g/mol. The van der Waals surface area contributed by atoms with Crippen LogP contribution < -0.4 is 10.1 Å². The minimum absolute atomic E-state index is 0. The molecule has 0 aliphatic heterocycles. The molecule has 0 aliphatic rings. The summed E-state index contributed by atoms with van der Waals surface area (Å²) >= 11 is 15.6. The van der Waals surface area contributed by atoms with E-state index in [1.807, 2.05) is 31.2 Å². The lowest BCUT2D eigenvalue weighted by Gasteiger charge is -2.12. The van der Waals surface area contributed by atoms with Gasteiger partial charge < -0.3 is 10.1 Å². The Kier molecular flexibility index (Phi) is 9.33. The van der Waals surface area contributed by atoms with Crippen molar-refractivity contribution in [2.75, 3.05) is 13.2 Å². The molecule has 6 heteroatoms. The van der Waals surface area contributed by atoms with Crippen molar-refractivity contribution in [1.82, 2.24) is 5.32 Å². The van der Waals surface area contributed by atoms with Crippen molar-refractivity contribution in [2.24, 2.45) is 0 Å². The van der Waals surface area contributed by atoms with Crippen molar-refractivity contribution in [3.63, 3.8) is 0 Å². The number of nitrogens with one attached hydrogen (secondary N) is 1. The molecule has 0 saturated heterocycles. The van der Waals surface area contributed by atoms with Crippen LogP contribution in [0.2, 0.25) is 10.0 Å². The highest BCUT2D eigenvalue weighted by Crippen LogP contribution is 2.24. The molecule has 0 amide bonds. The minimum Gasteiger partial charge on any atom is -0.494 e. The Morgan fingerprint density at radius 1 is 1.09 bits per heavy atom. The van der Waals surface area contributed by atoms with Gasteiger partial charge in [-0.25, -0.2) is 0 Å².